The van der Waals surface area contributed by atoms with E-state index < -0.39 is 0 Å². The summed E-state index contributed by atoms with van der Waals surface area (Å²) < 4.78 is 5.15. The highest BCUT2D eigenvalue weighted by molar-refractivity contribution is 5.45. The van der Waals surface area contributed by atoms with Crippen LogP contribution in [-0.2, 0) is 6.42 Å². The maximum atomic E-state index is 9.39. The van der Waals surface area contributed by atoms with Crippen molar-refractivity contribution in [2.75, 3.05) is 0 Å². The molecule has 0 bridgehead atoms. The van der Waals surface area contributed by atoms with Gasteiger partial charge in [-0.25, -0.2) is 4.98 Å². The maximum Gasteiger partial charge on any atom is 0.231 e. The van der Waals surface area contributed by atoms with Gasteiger partial charge < -0.3 is 9.63 Å². The van der Waals surface area contributed by atoms with Crippen LogP contribution in [0.5, 0.6) is 5.75 Å². The largest absolute Gasteiger partial charge is 0.508 e. The van der Waals surface area contributed by atoms with Crippen molar-refractivity contribution in [3.63, 3.8) is 0 Å². The van der Waals surface area contributed by atoms with Crippen molar-refractivity contribution in [1.29, 1.82) is 0 Å². The summed E-state index contributed by atoms with van der Waals surface area (Å²) in [7, 11) is 0. The van der Waals surface area contributed by atoms with Gasteiger partial charge in [0, 0.05) is 12.4 Å². The van der Waals surface area contributed by atoms with E-state index in [1.807, 2.05) is 6.07 Å². The molecule has 3 rings (SSSR count). The van der Waals surface area contributed by atoms with Crippen molar-refractivity contribution < 1.29 is 9.63 Å². The highest BCUT2D eigenvalue weighted by atomic mass is 16.5. The first kappa shape index (κ1) is 11.3. The zero-order chi connectivity index (χ0) is 13.1. The first-order valence-corrected chi connectivity index (χ1v) is 5.68. The van der Waals surface area contributed by atoms with Crippen molar-refractivity contribution in [2.24, 2.45) is 0 Å². The smallest absolute Gasteiger partial charge is 0.231 e. The Kier molecular flexibility index (Phi) is 2.89. The van der Waals surface area contributed by atoms with Crippen LogP contribution in [0.15, 0.2) is 47.4 Å². The van der Waals surface area contributed by atoms with Gasteiger partial charge in [-0.2, -0.15) is 4.98 Å². The number of nitrogens with zero attached hydrogens (tertiary/aromatic N) is 4. The number of phenolic OH excluding ortho intramolecular Hbond substituents is 1. The molecular formula is C13H10N4O2. The van der Waals surface area contributed by atoms with Gasteiger partial charge in [-0.1, -0.05) is 17.3 Å². The topological polar surface area (TPSA) is 84.9 Å². The van der Waals surface area contributed by atoms with E-state index in [2.05, 4.69) is 20.1 Å². The normalized spacial score (nSPS) is 10.5. The van der Waals surface area contributed by atoms with Crippen molar-refractivity contribution in [3.8, 4) is 17.3 Å². The van der Waals surface area contributed by atoms with Gasteiger partial charge >= 0.3 is 0 Å². The lowest BCUT2D eigenvalue weighted by Crippen LogP contribution is -1.89. The standard InChI is InChI=1S/C13H10N4O2/c18-10-3-1-2-9(6-10)7-12-16-13(17-19-12)11-8-14-4-5-15-11/h1-6,8,18H,7H2. The fourth-order valence-electron chi connectivity index (χ4n) is 1.69. The fourth-order valence-corrected chi connectivity index (χ4v) is 1.69. The van der Waals surface area contributed by atoms with Gasteiger partial charge in [0.05, 0.1) is 12.6 Å². The van der Waals surface area contributed by atoms with Crippen LogP contribution in [0.25, 0.3) is 11.5 Å². The van der Waals surface area contributed by atoms with Gasteiger partial charge in [-0.05, 0) is 17.7 Å². The molecule has 0 saturated carbocycles. The van der Waals surface area contributed by atoms with Crippen LogP contribution in [0.4, 0.5) is 0 Å². The predicted molar refractivity (Wildman–Crippen MR) is 66.2 cm³/mol. The first-order valence-electron chi connectivity index (χ1n) is 5.68. The molecule has 3 aromatic rings. The summed E-state index contributed by atoms with van der Waals surface area (Å²) >= 11 is 0. The van der Waals surface area contributed by atoms with Crippen LogP contribution in [0.3, 0.4) is 0 Å². The summed E-state index contributed by atoms with van der Waals surface area (Å²) in [6.45, 7) is 0. The lowest BCUT2D eigenvalue weighted by molar-refractivity contribution is 0.385. The fraction of sp³-hybridized carbons (Fsp3) is 0.0769. The minimum atomic E-state index is 0.214. The molecule has 0 aliphatic rings. The van der Waals surface area contributed by atoms with E-state index in [0.29, 0.717) is 23.8 Å². The van der Waals surface area contributed by atoms with E-state index in [4.69, 9.17) is 4.52 Å². The van der Waals surface area contributed by atoms with Gasteiger partial charge in [0.15, 0.2) is 0 Å². The first-order chi connectivity index (χ1) is 9.31. The van der Waals surface area contributed by atoms with Crippen molar-refractivity contribution in [3.05, 3.63) is 54.3 Å². The number of aromatic hydroxyl groups is 1. The second-order valence-corrected chi connectivity index (χ2v) is 3.95. The quantitative estimate of drug-likeness (QED) is 0.767. The summed E-state index contributed by atoms with van der Waals surface area (Å²) in [5.74, 6) is 1.08. The molecule has 6 heteroatoms. The van der Waals surface area contributed by atoms with Gasteiger partial charge in [0.2, 0.25) is 11.7 Å². The van der Waals surface area contributed by atoms with Crippen LogP contribution in [0.1, 0.15) is 11.5 Å². The Balaban J connectivity index is 1.82. The molecule has 0 aliphatic carbocycles. The highest BCUT2D eigenvalue weighted by Gasteiger charge is 2.10. The van der Waals surface area contributed by atoms with E-state index in [-0.39, 0.29) is 5.75 Å². The Labute approximate surface area is 108 Å². The van der Waals surface area contributed by atoms with Gasteiger partial charge in [-0.15, -0.1) is 0 Å². The van der Waals surface area contributed by atoms with Crippen LogP contribution in [0.2, 0.25) is 0 Å². The summed E-state index contributed by atoms with van der Waals surface area (Å²) in [5, 5.41) is 13.2. The SMILES string of the molecule is Oc1cccc(Cc2nc(-c3cnccn3)no2)c1. The Bertz CT molecular complexity index is 682. The van der Waals surface area contributed by atoms with E-state index in [9.17, 15) is 5.11 Å². The van der Waals surface area contributed by atoms with Crippen LogP contribution >= 0.6 is 0 Å². The van der Waals surface area contributed by atoms with Crippen molar-refractivity contribution in [2.45, 2.75) is 6.42 Å². The van der Waals surface area contributed by atoms with Crippen molar-refractivity contribution in [1.82, 2.24) is 20.1 Å². The number of benzene rings is 1. The number of aromatic nitrogens is 4. The number of hydrogen-bond acceptors (Lipinski definition) is 6. The van der Waals surface area contributed by atoms with Crippen LogP contribution in [0, 0.1) is 0 Å². The Morgan fingerprint density at radius 1 is 1.21 bits per heavy atom. The monoisotopic (exact) mass is 254 g/mol. The third-order valence-corrected chi connectivity index (χ3v) is 2.53. The molecule has 6 nitrogen and oxygen atoms in total. The molecule has 1 N–H and O–H groups in total. The third kappa shape index (κ3) is 2.57. The number of hydrogen-bond donors (Lipinski definition) is 1. The second-order valence-electron chi connectivity index (χ2n) is 3.95. The Morgan fingerprint density at radius 3 is 2.95 bits per heavy atom. The Hall–Kier alpha value is -2.76. The summed E-state index contributed by atoms with van der Waals surface area (Å²) in [4.78, 5) is 12.3. The molecule has 19 heavy (non-hydrogen) atoms. The molecule has 0 atom stereocenters. The second kappa shape index (κ2) is 4.85. The molecule has 0 aliphatic heterocycles. The van der Waals surface area contributed by atoms with Gasteiger partial charge in [-0.3, -0.25) is 4.98 Å². The molecule has 1 aromatic carbocycles. The number of rotatable bonds is 3. The van der Waals surface area contributed by atoms with E-state index in [1.54, 1.807) is 36.8 Å². The lowest BCUT2D eigenvalue weighted by Gasteiger charge is -1.96. The van der Waals surface area contributed by atoms with E-state index in [0.717, 1.165) is 5.56 Å². The molecule has 0 fully saturated rings. The minimum Gasteiger partial charge on any atom is -0.508 e. The third-order valence-electron chi connectivity index (χ3n) is 2.53. The number of phenols is 1. The van der Waals surface area contributed by atoms with Gasteiger partial charge in [0.25, 0.3) is 0 Å². The maximum absolute atomic E-state index is 9.39. The predicted octanol–water partition coefficient (Wildman–Crippen LogP) is 1.82. The van der Waals surface area contributed by atoms with E-state index in [1.165, 1.54) is 0 Å². The minimum absolute atomic E-state index is 0.214. The average molecular weight is 254 g/mol. The van der Waals surface area contributed by atoms with Gasteiger partial charge in [0.1, 0.15) is 11.4 Å². The molecule has 0 spiro atoms. The summed E-state index contributed by atoms with van der Waals surface area (Å²) in [5.41, 5.74) is 1.46. The summed E-state index contributed by atoms with van der Waals surface area (Å²) in [6, 6.07) is 6.92. The van der Waals surface area contributed by atoms with E-state index >= 15 is 0 Å². The van der Waals surface area contributed by atoms with Crippen LogP contribution in [-0.4, -0.2) is 25.2 Å². The molecule has 0 unspecified atom stereocenters. The zero-order valence-corrected chi connectivity index (χ0v) is 9.89. The zero-order valence-electron chi connectivity index (χ0n) is 9.89. The molecule has 0 amide bonds. The summed E-state index contributed by atoms with van der Waals surface area (Å²) in [6.07, 6.45) is 5.18. The van der Waals surface area contributed by atoms with Crippen LogP contribution < -0.4 is 0 Å². The molecule has 94 valence electrons. The lowest BCUT2D eigenvalue weighted by atomic mass is 10.1. The molecule has 0 radical (unpaired) electrons. The molecule has 2 heterocycles. The average Bonchev–Trinajstić information content (AvgIpc) is 2.88. The van der Waals surface area contributed by atoms with Crippen molar-refractivity contribution >= 4 is 0 Å². The highest BCUT2D eigenvalue weighted by Crippen LogP contribution is 2.16. The molecule has 2 aromatic heterocycles. The molecular weight excluding hydrogens is 244 g/mol. The molecule has 0 saturated heterocycles. The Morgan fingerprint density at radius 2 is 2.16 bits per heavy atom.